The molecule has 0 spiro atoms. The largest absolute Gasteiger partial charge is 0.480 e. The minimum absolute atomic E-state index is 0.509. The van der Waals surface area contributed by atoms with Crippen molar-refractivity contribution in [3.05, 3.63) is 35.9 Å². The smallest absolute Gasteiger partial charge is 0.319 e. The molecule has 0 saturated heterocycles. The summed E-state index contributed by atoms with van der Waals surface area (Å²) in [5.41, 5.74) is 1.21. The van der Waals surface area contributed by atoms with Crippen molar-refractivity contribution < 1.29 is 9.90 Å². The lowest BCUT2D eigenvalue weighted by molar-refractivity contribution is -0.138. The Bertz CT molecular complexity index is 689. The predicted octanol–water partition coefficient (Wildman–Crippen LogP) is 3.06. The molecule has 96 valence electrons. The number of hydrogen-bond donors (Lipinski definition) is 1. The van der Waals surface area contributed by atoms with Crippen LogP contribution in [-0.2, 0) is 4.79 Å². The Morgan fingerprint density at radius 3 is 2.74 bits per heavy atom. The van der Waals surface area contributed by atoms with E-state index in [0.29, 0.717) is 16.1 Å². The normalized spacial score (nSPS) is 11.2. The Morgan fingerprint density at radius 1 is 1.42 bits per heavy atom. The lowest BCUT2D eigenvalue weighted by atomic mass is 10.1. The number of carboxylic acids is 1. The summed E-state index contributed by atoms with van der Waals surface area (Å²) in [7, 11) is 0. The molecule has 19 heavy (non-hydrogen) atoms. The fourth-order valence-electron chi connectivity index (χ4n) is 1.60. The van der Waals surface area contributed by atoms with Crippen LogP contribution in [0.2, 0.25) is 0 Å². The number of fused-ring (bicyclic) bond motifs is 1. The summed E-state index contributed by atoms with van der Waals surface area (Å²) in [5.74, 6) is -0.911. The molecule has 0 saturated carbocycles. The second kappa shape index (κ2) is 4.90. The molecule has 0 radical (unpaired) electrons. The van der Waals surface area contributed by atoms with E-state index in [9.17, 15) is 4.79 Å². The molecule has 2 rings (SSSR count). The van der Waals surface area contributed by atoms with Crippen LogP contribution in [0.5, 0.6) is 0 Å². The number of pyridine rings is 1. The fraction of sp³-hybridized carbons (Fsp3) is 0.214. The first-order valence-electron chi connectivity index (χ1n) is 5.66. The zero-order valence-corrected chi connectivity index (χ0v) is 11.4. The van der Waals surface area contributed by atoms with Gasteiger partial charge in [0.2, 0.25) is 0 Å². The topological polar surface area (TPSA) is 74.0 Å². The van der Waals surface area contributed by atoms with Crippen LogP contribution in [0.4, 0.5) is 0 Å². The van der Waals surface area contributed by atoms with E-state index in [1.807, 2.05) is 24.3 Å². The number of thioether (sulfide) groups is 1. The molecule has 1 aromatic carbocycles. The van der Waals surface area contributed by atoms with E-state index in [4.69, 9.17) is 10.4 Å². The van der Waals surface area contributed by atoms with E-state index < -0.39 is 10.7 Å². The van der Waals surface area contributed by atoms with Crippen LogP contribution in [0.25, 0.3) is 10.9 Å². The lowest BCUT2D eigenvalue weighted by Crippen LogP contribution is -2.27. The van der Waals surface area contributed by atoms with Crippen molar-refractivity contribution in [1.82, 2.24) is 4.98 Å². The number of carboxylic acid groups (broad SMARTS) is 1. The molecule has 0 aliphatic carbocycles. The molecule has 1 heterocycles. The van der Waals surface area contributed by atoms with Gasteiger partial charge < -0.3 is 5.11 Å². The number of nitriles is 1. The Morgan fingerprint density at radius 2 is 2.11 bits per heavy atom. The standard InChI is InChI=1S/C14H12N2O2S/c1-14(2,13(17)18)19-12-7-9(8-15)10-5-3-4-6-11(10)16-12/h3-7H,1-2H3,(H,17,18). The van der Waals surface area contributed by atoms with E-state index in [2.05, 4.69) is 11.1 Å². The maximum absolute atomic E-state index is 11.1. The summed E-state index contributed by atoms with van der Waals surface area (Å²) in [6.45, 7) is 3.23. The third kappa shape index (κ3) is 2.69. The molecular formula is C14H12N2O2S. The van der Waals surface area contributed by atoms with Crippen molar-refractivity contribution in [3.8, 4) is 6.07 Å². The van der Waals surface area contributed by atoms with Crippen molar-refractivity contribution in [1.29, 1.82) is 5.26 Å². The Balaban J connectivity index is 2.52. The molecule has 4 nitrogen and oxygen atoms in total. The van der Waals surface area contributed by atoms with Gasteiger partial charge in [0.1, 0.15) is 4.75 Å². The van der Waals surface area contributed by atoms with Crippen LogP contribution in [0.1, 0.15) is 19.4 Å². The lowest BCUT2D eigenvalue weighted by Gasteiger charge is -2.18. The number of rotatable bonds is 3. The molecule has 0 fully saturated rings. The first-order chi connectivity index (χ1) is 8.94. The molecular weight excluding hydrogens is 260 g/mol. The highest BCUT2D eigenvalue weighted by atomic mass is 32.2. The van der Waals surface area contributed by atoms with Crippen molar-refractivity contribution >= 4 is 28.6 Å². The fourth-order valence-corrected chi connectivity index (χ4v) is 2.53. The van der Waals surface area contributed by atoms with Crippen LogP contribution in [-0.4, -0.2) is 20.8 Å². The van der Waals surface area contributed by atoms with E-state index in [-0.39, 0.29) is 0 Å². The van der Waals surface area contributed by atoms with E-state index in [1.54, 1.807) is 19.9 Å². The number of para-hydroxylation sites is 1. The zero-order valence-electron chi connectivity index (χ0n) is 10.5. The van der Waals surface area contributed by atoms with Gasteiger partial charge in [-0.05, 0) is 26.0 Å². The third-order valence-electron chi connectivity index (χ3n) is 2.69. The van der Waals surface area contributed by atoms with Crippen molar-refractivity contribution in [2.24, 2.45) is 0 Å². The summed E-state index contributed by atoms with van der Waals surface area (Å²) >= 11 is 1.14. The molecule has 1 aromatic heterocycles. The highest BCUT2D eigenvalue weighted by Gasteiger charge is 2.29. The Labute approximate surface area is 115 Å². The molecule has 0 aliphatic rings. The first-order valence-corrected chi connectivity index (χ1v) is 6.48. The monoisotopic (exact) mass is 272 g/mol. The quantitative estimate of drug-likeness (QED) is 0.869. The number of benzene rings is 1. The second-order valence-corrected chi connectivity index (χ2v) is 6.20. The number of aromatic nitrogens is 1. The van der Waals surface area contributed by atoms with Crippen LogP contribution < -0.4 is 0 Å². The van der Waals surface area contributed by atoms with Gasteiger partial charge in [-0.15, -0.1) is 0 Å². The second-order valence-electron chi connectivity index (χ2n) is 4.55. The van der Waals surface area contributed by atoms with Gasteiger partial charge in [0, 0.05) is 5.39 Å². The van der Waals surface area contributed by atoms with Gasteiger partial charge in [-0.25, -0.2) is 4.98 Å². The summed E-state index contributed by atoms with van der Waals surface area (Å²) < 4.78 is -0.984. The molecule has 1 N–H and O–H groups in total. The maximum Gasteiger partial charge on any atom is 0.319 e. The van der Waals surface area contributed by atoms with Gasteiger partial charge in [-0.2, -0.15) is 5.26 Å². The van der Waals surface area contributed by atoms with E-state index in [0.717, 1.165) is 17.1 Å². The van der Waals surface area contributed by atoms with Crippen LogP contribution in [0, 0.1) is 11.3 Å². The number of nitrogens with zero attached hydrogens (tertiary/aromatic N) is 2. The number of hydrogen-bond acceptors (Lipinski definition) is 4. The minimum Gasteiger partial charge on any atom is -0.480 e. The van der Waals surface area contributed by atoms with Crippen LogP contribution >= 0.6 is 11.8 Å². The summed E-state index contributed by atoms with van der Waals surface area (Å²) in [4.78, 5) is 15.5. The van der Waals surface area contributed by atoms with Crippen LogP contribution in [0.15, 0.2) is 35.4 Å². The molecule has 5 heteroatoms. The predicted molar refractivity (Wildman–Crippen MR) is 74.0 cm³/mol. The molecule has 0 unspecified atom stereocenters. The van der Waals surface area contributed by atoms with Gasteiger partial charge in [0.05, 0.1) is 22.2 Å². The molecule has 2 aromatic rings. The highest BCUT2D eigenvalue weighted by molar-refractivity contribution is 8.01. The van der Waals surface area contributed by atoms with Gasteiger partial charge >= 0.3 is 5.97 Å². The average Bonchev–Trinajstić information content (AvgIpc) is 2.37. The molecule has 0 aliphatic heterocycles. The SMILES string of the molecule is CC(C)(Sc1cc(C#N)c2ccccc2n1)C(=O)O. The van der Waals surface area contributed by atoms with Crippen LogP contribution in [0.3, 0.4) is 0 Å². The van der Waals surface area contributed by atoms with E-state index in [1.165, 1.54) is 0 Å². The molecule has 0 amide bonds. The first kappa shape index (κ1) is 13.4. The van der Waals surface area contributed by atoms with Gasteiger partial charge in [0.15, 0.2) is 0 Å². The highest BCUT2D eigenvalue weighted by Crippen LogP contribution is 2.33. The van der Waals surface area contributed by atoms with Crippen molar-refractivity contribution in [2.45, 2.75) is 23.6 Å². The van der Waals surface area contributed by atoms with Crippen molar-refractivity contribution in [2.75, 3.05) is 0 Å². The summed E-state index contributed by atoms with van der Waals surface area (Å²) in [5, 5.41) is 19.6. The summed E-state index contributed by atoms with van der Waals surface area (Å²) in [6.07, 6.45) is 0. The minimum atomic E-state index is -0.984. The van der Waals surface area contributed by atoms with Gasteiger partial charge in [0.25, 0.3) is 0 Å². The summed E-state index contributed by atoms with van der Waals surface area (Å²) in [6, 6.07) is 11.1. The number of aliphatic carboxylic acids is 1. The molecule has 0 atom stereocenters. The van der Waals surface area contributed by atoms with Gasteiger partial charge in [-0.1, -0.05) is 30.0 Å². The maximum atomic E-state index is 11.1. The zero-order chi connectivity index (χ0) is 14.0. The number of carbonyl (C=O) groups is 1. The Hall–Kier alpha value is -2.06. The van der Waals surface area contributed by atoms with Gasteiger partial charge in [-0.3, -0.25) is 4.79 Å². The Kier molecular flexibility index (Phi) is 3.45. The average molecular weight is 272 g/mol. The van der Waals surface area contributed by atoms with E-state index >= 15 is 0 Å². The molecule has 0 bridgehead atoms. The van der Waals surface area contributed by atoms with Crippen molar-refractivity contribution in [3.63, 3.8) is 0 Å². The third-order valence-corrected chi connectivity index (χ3v) is 3.79.